The molecule has 0 saturated carbocycles. The van der Waals surface area contributed by atoms with Crippen molar-refractivity contribution >= 4 is 0 Å². The summed E-state index contributed by atoms with van der Waals surface area (Å²) < 4.78 is 0. The van der Waals surface area contributed by atoms with E-state index < -0.39 is 0 Å². The molecule has 58 valence electrons. The van der Waals surface area contributed by atoms with E-state index >= 15 is 0 Å². The van der Waals surface area contributed by atoms with Crippen molar-refractivity contribution in [3.63, 3.8) is 0 Å². The van der Waals surface area contributed by atoms with Gasteiger partial charge in [0.25, 0.3) is 0 Å². The molecule has 0 aliphatic carbocycles. The van der Waals surface area contributed by atoms with Gasteiger partial charge in [0.1, 0.15) is 0 Å². The van der Waals surface area contributed by atoms with Crippen LogP contribution in [-0.2, 0) is 0 Å². The van der Waals surface area contributed by atoms with Crippen molar-refractivity contribution in [3.8, 4) is 0 Å². The highest BCUT2D eigenvalue weighted by Gasteiger charge is 2.32. The molecule has 1 atom stereocenters. The zero-order chi connectivity index (χ0) is 6.97. The van der Waals surface area contributed by atoms with E-state index in [1.165, 1.54) is 32.4 Å². The van der Waals surface area contributed by atoms with Crippen LogP contribution in [0, 0.1) is 5.92 Å². The zero-order valence-electron chi connectivity index (χ0n) is 6.29. The van der Waals surface area contributed by atoms with E-state index in [0.29, 0.717) is 12.6 Å². The van der Waals surface area contributed by atoms with Gasteiger partial charge in [-0.15, -0.1) is 0 Å². The minimum atomic E-state index is 0.372. The van der Waals surface area contributed by atoms with Crippen molar-refractivity contribution in [3.05, 3.63) is 0 Å². The third-order valence-corrected chi connectivity index (χ3v) is 2.98. The van der Waals surface area contributed by atoms with E-state index in [0.717, 1.165) is 5.92 Å². The standard InChI is InChI=1S/C8H15NO/c10-6-8-5-7-1-3-9(8)4-2-7/h7-8,10H,1-6H2. The summed E-state index contributed by atoms with van der Waals surface area (Å²) in [6.45, 7) is 2.84. The number of aliphatic hydroxyl groups excluding tert-OH is 1. The first kappa shape index (κ1) is 6.62. The Kier molecular flexibility index (Phi) is 1.66. The molecule has 1 unspecified atom stereocenters. The highest BCUT2D eigenvalue weighted by molar-refractivity contribution is 4.86. The van der Waals surface area contributed by atoms with E-state index in [1.54, 1.807) is 0 Å². The molecule has 3 saturated heterocycles. The van der Waals surface area contributed by atoms with E-state index in [9.17, 15) is 0 Å². The topological polar surface area (TPSA) is 23.5 Å². The summed E-state index contributed by atoms with van der Waals surface area (Å²) in [5.74, 6) is 0.933. The van der Waals surface area contributed by atoms with E-state index in [-0.39, 0.29) is 0 Å². The predicted molar refractivity (Wildman–Crippen MR) is 39.8 cm³/mol. The van der Waals surface area contributed by atoms with Gasteiger partial charge in [-0.3, -0.25) is 4.90 Å². The maximum atomic E-state index is 8.97. The Morgan fingerprint density at radius 3 is 2.30 bits per heavy atom. The average molecular weight is 141 g/mol. The van der Waals surface area contributed by atoms with Crippen LogP contribution in [0.15, 0.2) is 0 Å². The number of nitrogens with zero attached hydrogens (tertiary/aromatic N) is 1. The van der Waals surface area contributed by atoms with Crippen molar-refractivity contribution in [1.82, 2.24) is 4.90 Å². The Morgan fingerprint density at radius 2 is 2.00 bits per heavy atom. The Labute approximate surface area is 61.8 Å². The van der Waals surface area contributed by atoms with E-state index in [4.69, 9.17) is 5.11 Å². The molecular formula is C8H15NO. The molecule has 3 fully saturated rings. The molecule has 2 nitrogen and oxygen atoms in total. The Morgan fingerprint density at radius 1 is 1.30 bits per heavy atom. The SMILES string of the molecule is OCC1CC2CCN1CC2. The molecule has 3 heterocycles. The number of hydrogen-bond acceptors (Lipinski definition) is 2. The van der Waals surface area contributed by atoms with Crippen molar-refractivity contribution in [2.24, 2.45) is 5.92 Å². The summed E-state index contributed by atoms with van der Waals surface area (Å²) in [5, 5.41) is 8.97. The van der Waals surface area contributed by atoms with Crippen molar-refractivity contribution in [1.29, 1.82) is 0 Å². The van der Waals surface area contributed by atoms with Gasteiger partial charge >= 0.3 is 0 Å². The minimum Gasteiger partial charge on any atom is -0.395 e. The number of hydrogen-bond donors (Lipinski definition) is 1. The van der Waals surface area contributed by atoms with Crippen molar-refractivity contribution in [2.75, 3.05) is 19.7 Å². The van der Waals surface area contributed by atoms with Crippen LogP contribution in [0.1, 0.15) is 19.3 Å². The summed E-state index contributed by atoms with van der Waals surface area (Å²) in [7, 11) is 0. The maximum absolute atomic E-state index is 8.97. The molecule has 0 spiro atoms. The summed E-state index contributed by atoms with van der Waals surface area (Å²) in [5.41, 5.74) is 0. The van der Waals surface area contributed by atoms with Crippen LogP contribution in [0.3, 0.4) is 0 Å². The van der Waals surface area contributed by atoms with E-state index in [2.05, 4.69) is 4.90 Å². The number of piperidine rings is 3. The van der Waals surface area contributed by atoms with Crippen LogP contribution >= 0.6 is 0 Å². The zero-order valence-corrected chi connectivity index (χ0v) is 6.29. The quantitative estimate of drug-likeness (QED) is 0.573. The second kappa shape index (κ2) is 2.51. The second-order valence-corrected chi connectivity index (χ2v) is 3.55. The molecule has 2 heteroatoms. The Balaban J connectivity index is 2.01. The smallest absolute Gasteiger partial charge is 0.0586 e. The molecule has 1 N–H and O–H groups in total. The lowest BCUT2D eigenvalue weighted by molar-refractivity contribution is 0.0180. The van der Waals surface area contributed by atoms with Crippen LogP contribution < -0.4 is 0 Å². The van der Waals surface area contributed by atoms with E-state index in [1.807, 2.05) is 0 Å². The average Bonchev–Trinajstić information content (AvgIpc) is 2.06. The van der Waals surface area contributed by atoms with Crippen molar-refractivity contribution in [2.45, 2.75) is 25.3 Å². The van der Waals surface area contributed by atoms with Gasteiger partial charge < -0.3 is 5.11 Å². The monoisotopic (exact) mass is 141 g/mol. The molecule has 10 heavy (non-hydrogen) atoms. The number of aliphatic hydroxyl groups is 1. The van der Waals surface area contributed by atoms with Crippen LogP contribution in [0.4, 0.5) is 0 Å². The van der Waals surface area contributed by atoms with Gasteiger partial charge in [-0.25, -0.2) is 0 Å². The van der Waals surface area contributed by atoms with Gasteiger partial charge in [-0.2, -0.15) is 0 Å². The van der Waals surface area contributed by atoms with Crippen LogP contribution in [-0.4, -0.2) is 35.7 Å². The third-order valence-electron chi connectivity index (χ3n) is 2.98. The Bertz CT molecular complexity index is 118. The van der Waals surface area contributed by atoms with Crippen molar-refractivity contribution < 1.29 is 5.11 Å². The van der Waals surface area contributed by atoms with Gasteiger partial charge in [-0.1, -0.05) is 0 Å². The fourth-order valence-corrected chi connectivity index (χ4v) is 2.28. The molecule has 0 aromatic rings. The number of fused-ring (bicyclic) bond motifs is 3. The molecular weight excluding hydrogens is 126 g/mol. The molecule has 0 aromatic carbocycles. The molecule has 0 radical (unpaired) electrons. The summed E-state index contributed by atoms with van der Waals surface area (Å²) in [6.07, 6.45) is 3.99. The first-order chi connectivity index (χ1) is 4.90. The molecule has 0 amide bonds. The molecule has 3 rings (SSSR count). The largest absolute Gasteiger partial charge is 0.395 e. The lowest BCUT2D eigenvalue weighted by atomic mass is 9.84. The lowest BCUT2D eigenvalue weighted by Crippen LogP contribution is -2.50. The molecule has 0 aromatic heterocycles. The van der Waals surface area contributed by atoms with Gasteiger partial charge in [0.05, 0.1) is 6.61 Å². The fraction of sp³-hybridized carbons (Fsp3) is 1.00. The summed E-state index contributed by atoms with van der Waals surface area (Å²) >= 11 is 0. The maximum Gasteiger partial charge on any atom is 0.0586 e. The summed E-state index contributed by atoms with van der Waals surface area (Å²) in [4.78, 5) is 2.43. The normalized spacial score (nSPS) is 45.9. The lowest BCUT2D eigenvalue weighted by Gasteiger charge is -2.44. The molecule has 2 bridgehead atoms. The highest BCUT2D eigenvalue weighted by Crippen LogP contribution is 2.31. The predicted octanol–water partition coefficient (Wildman–Crippen LogP) is 0.463. The second-order valence-electron chi connectivity index (χ2n) is 3.55. The molecule has 3 aliphatic rings. The van der Waals surface area contributed by atoms with Gasteiger partial charge in [0.15, 0.2) is 0 Å². The van der Waals surface area contributed by atoms with Gasteiger partial charge in [0.2, 0.25) is 0 Å². The number of rotatable bonds is 1. The minimum absolute atomic E-state index is 0.372. The Hall–Kier alpha value is -0.0800. The van der Waals surface area contributed by atoms with Gasteiger partial charge in [-0.05, 0) is 38.3 Å². The fourth-order valence-electron chi connectivity index (χ4n) is 2.28. The van der Waals surface area contributed by atoms with Crippen LogP contribution in [0.5, 0.6) is 0 Å². The third kappa shape index (κ3) is 0.956. The highest BCUT2D eigenvalue weighted by atomic mass is 16.3. The van der Waals surface area contributed by atoms with Crippen LogP contribution in [0.2, 0.25) is 0 Å². The summed E-state index contributed by atoms with van der Waals surface area (Å²) in [6, 6.07) is 0.507. The van der Waals surface area contributed by atoms with Gasteiger partial charge in [0, 0.05) is 6.04 Å². The first-order valence-corrected chi connectivity index (χ1v) is 4.25. The first-order valence-electron chi connectivity index (χ1n) is 4.25. The molecule has 3 aliphatic heterocycles. The van der Waals surface area contributed by atoms with Crippen LogP contribution in [0.25, 0.3) is 0 Å².